The summed E-state index contributed by atoms with van der Waals surface area (Å²) in [5.41, 5.74) is 1.33. The van der Waals surface area contributed by atoms with E-state index >= 15 is 0 Å². The highest BCUT2D eigenvalue weighted by Crippen LogP contribution is 2.22. The van der Waals surface area contributed by atoms with Crippen LogP contribution in [0.5, 0.6) is 0 Å². The minimum Gasteiger partial charge on any atom is -0.381 e. The van der Waals surface area contributed by atoms with Crippen molar-refractivity contribution in [3.63, 3.8) is 0 Å². The van der Waals surface area contributed by atoms with Gasteiger partial charge in [-0.05, 0) is 42.3 Å². The number of benzene rings is 1. The van der Waals surface area contributed by atoms with E-state index in [1.807, 2.05) is 19.5 Å². The van der Waals surface area contributed by atoms with E-state index in [0.29, 0.717) is 12.1 Å². The minimum absolute atomic E-state index is 0.445. The molecule has 1 aromatic heterocycles. The Bertz CT molecular complexity index is 555. The SMILES string of the molecule is COC1CCC(NCc2ccc3cnccc3c2)C1. The van der Waals surface area contributed by atoms with E-state index in [1.165, 1.54) is 29.2 Å². The van der Waals surface area contributed by atoms with Gasteiger partial charge in [0.05, 0.1) is 6.10 Å². The van der Waals surface area contributed by atoms with Gasteiger partial charge in [-0.3, -0.25) is 4.98 Å². The minimum atomic E-state index is 0.445. The van der Waals surface area contributed by atoms with Gasteiger partial charge in [0.25, 0.3) is 0 Å². The quantitative estimate of drug-likeness (QED) is 0.913. The summed E-state index contributed by atoms with van der Waals surface area (Å²) in [6, 6.07) is 9.23. The van der Waals surface area contributed by atoms with Gasteiger partial charge in [-0.15, -0.1) is 0 Å². The van der Waals surface area contributed by atoms with Crippen LogP contribution in [0.2, 0.25) is 0 Å². The number of aromatic nitrogens is 1. The Morgan fingerprint density at radius 2 is 2.21 bits per heavy atom. The Balaban J connectivity index is 1.62. The molecule has 2 aromatic rings. The fourth-order valence-corrected chi connectivity index (χ4v) is 2.84. The van der Waals surface area contributed by atoms with E-state index in [0.717, 1.165) is 13.0 Å². The van der Waals surface area contributed by atoms with Crippen molar-refractivity contribution < 1.29 is 4.74 Å². The Labute approximate surface area is 114 Å². The third kappa shape index (κ3) is 2.94. The maximum absolute atomic E-state index is 5.40. The van der Waals surface area contributed by atoms with Gasteiger partial charge in [-0.1, -0.05) is 12.1 Å². The van der Waals surface area contributed by atoms with Crippen molar-refractivity contribution in [3.05, 3.63) is 42.2 Å². The number of ether oxygens (including phenoxy) is 1. The maximum atomic E-state index is 5.40. The predicted octanol–water partition coefficient (Wildman–Crippen LogP) is 2.89. The fraction of sp³-hybridized carbons (Fsp3) is 0.438. The van der Waals surface area contributed by atoms with Crippen molar-refractivity contribution in [2.75, 3.05) is 7.11 Å². The monoisotopic (exact) mass is 256 g/mol. The number of hydrogen-bond acceptors (Lipinski definition) is 3. The second kappa shape index (κ2) is 5.68. The van der Waals surface area contributed by atoms with Crippen LogP contribution in [0, 0.1) is 0 Å². The molecule has 0 aliphatic heterocycles. The molecule has 3 nitrogen and oxygen atoms in total. The van der Waals surface area contributed by atoms with E-state index in [2.05, 4.69) is 34.6 Å². The molecule has 2 atom stereocenters. The zero-order valence-corrected chi connectivity index (χ0v) is 11.3. The summed E-state index contributed by atoms with van der Waals surface area (Å²) >= 11 is 0. The van der Waals surface area contributed by atoms with Crippen LogP contribution in [0.25, 0.3) is 10.8 Å². The molecule has 1 N–H and O–H groups in total. The summed E-state index contributed by atoms with van der Waals surface area (Å²) in [6.07, 6.45) is 7.73. The number of hydrogen-bond donors (Lipinski definition) is 1. The molecule has 0 amide bonds. The Hall–Kier alpha value is -1.45. The summed E-state index contributed by atoms with van der Waals surface area (Å²) < 4.78 is 5.40. The molecule has 0 bridgehead atoms. The zero-order valence-electron chi connectivity index (χ0n) is 11.3. The lowest BCUT2D eigenvalue weighted by atomic mass is 10.1. The average molecular weight is 256 g/mol. The third-order valence-corrected chi connectivity index (χ3v) is 4.02. The topological polar surface area (TPSA) is 34.1 Å². The molecule has 0 spiro atoms. The van der Waals surface area contributed by atoms with Gasteiger partial charge in [-0.2, -0.15) is 0 Å². The summed E-state index contributed by atoms with van der Waals surface area (Å²) in [5, 5.41) is 6.09. The predicted molar refractivity (Wildman–Crippen MR) is 77.0 cm³/mol. The van der Waals surface area contributed by atoms with Crippen LogP contribution < -0.4 is 5.32 Å². The van der Waals surface area contributed by atoms with E-state index < -0.39 is 0 Å². The van der Waals surface area contributed by atoms with Crippen molar-refractivity contribution in [1.29, 1.82) is 0 Å². The average Bonchev–Trinajstić information content (AvgIpc) is 2.93. The number of rotatable bonds is 4. The molecule has 0 radical (unpaired) electrons. The molecule has 1 fully saturated rings. The van der Waals surface area contributed by atoms with Gasteiger partial charge in [0.1, 0.15) is 0 Å². The lowest BCUT2D eigenvalue weighted by molar-refractivity contribution is 0.107. The van der Waals surface area contributed by atoms with Crippen LogP contribution >= 0.6 is 0 Å². The number of pyridine rings is 1. The Kier molecular flexibility index (Phi) is 3.76. The molecular formula is C16H20N2O. The smallest absolute Gasteiger partial charge is 0.0586 e. The van der Waals surface area contributed by atoms with Crippen LogP contribution in [0.1, 0.15) is 24.8 Å². The Morgan fingerprint density at radius 3 is 3.05 bits per heavy atom. The van der Waals surface area contributed by atoms with Crippen molar-refractivity contribution in [3.8, 4) is 0 Å². The van der Waals surface area contributed by atoms with Gasteiger partial charge in [-0.25, -0.2) is 0 Å². The van der Waals surface area contributed by atoms with Crippen molar-refractivity contribution >= 4 is 10.8 Å². The number of nitrogens with one attached hydrogen (secondary N) is 1. The lowest BCUT2D eigenvalue weighted by Gasteiger charge is -2.13. The van der Waals surface area contributed by atoms with Crippen LogP contribution in [0.15, 0.2) is 36.7 Å². The standard InChI is InChI=1S/C16H20N2O/c1-19-16-5-4-15(9-16)18-10-12-2-3-14-11-17-7-6-13(14)8-12/h2-3,6-8,11,15-16,18H,4-5,9-10H2,1H3. The lowest BCUT2D eigenvalue weighted by Crippen LogP contribution is -2.26. The zero-order chi connectivity index (χ0) is 13.1. The summed E-state index contributed by atoms with van der Waals surface area (Å²) in [7, 11) is 1.81. The summed E-state index contributed by atoms with van der Waals surface area (Å²) in [5.74, 6) is 0. The molecule has 1 heterocycles. The van der Waals surface area contributed by atoms with Crippen molar-refractivity contribution in [2.45, 2.75) is 38.0 Å². The molecule has 3 heteroatoms. The molecular weight excluding hydrogens is 236 g/mol. The van der Waals surface area contributed by atoms with Crippen molar-refractivity contribution in [2.24, 2.45) is 0 Å². The molecule has 2 unspecified atom stereocenters. The first kappa shape index (κ1) is 12.6. The number of methoxy groups -OCH3 is 1. The second-order valence-electron chi connectivity index (χ2n) is 5.31. The van der Waals surface area contributed by atoms with E-state index in [-0.39, 0.29) is 0 Å². The van der Waals surface area contributed by atoms with E-state index in [1.54, 1.807) is 0 Å². The van der Waals surface area contributed by atoms with E-state index in [4.69, 9.17) is 4.74 Å². The first-order chi connectivity index (χ1) is 9.35. The normalized spacial score (nSPS) is 23.0. The highest BCUT2D eigenvalue weighted by atomic mass is 16.5. The molecule has 1 aromatic carbocycles. The number of fused-ring (bicyclic) bond motifs is 1. The molecule has 1 saturated carbocycles. The molecule has 100 valence electrons. The van der Waals surface area contributed by atoms with E-state index in [9.17, 15) is 0 Å². The second-order valence-corrected chi connectivity index (χ2v) is 5.31. The molecule has 1 aliphatic carbocycles. The fourth-order valence-electron chi connectivity index (χ4n) is 2.84. The van der Waals surface area contributed by atoms with Crippen molar-refractivity contribution in [1.82, 2.24) is 10.3 Å². The largest absolute Gasteiger partial charge is 0.381 e. The first-order valence-electron chi connectivity index (χ1n) is 6.94. The van der Waals surface area contributed by atoms with Gasteiger partial charge in [0.2, 0.25) is 0 Å². The van der Waals surface area contributed by atoms with Crippen LogP contribution in [-0.2, 0) is 11.3 Å². The van der Waals surface area contributed by atoms with Crippen LogP contribution in [0.3, 0.4) is 0 Å². The highest BCUT2D eigenvalue weighted by molar-refractivity contribution is 5.81. The van der Waals surface area contributed by atoms with Crippen LogP contribution in [-0.4, -0.2) is 24.2 Å². The van der Waals surface area contributed by atoms with Gasteiger partial charge < -0.3 is 10.1 Å². The van der Waals surface area contributed by atoms with Gasteiger partial charge in [0.15, 0.2) is 0 Å². The van der Waals surface area contributed by atoms with Crippen LogP contribution in [0.4, 0.5) is 0 Å². The number of nitrogens with zero attached hydrogens (tertiary/aromatic N) is 1. The maximum Gasteiger partial charge on any atom is 0.0586 e. The van der Waals surface area contributed by atoms with Gasteiger partial charge in [0, 0.05) is 37.5 Å². The molecule has 1 aliphatic rings. The molecule has 3 rings (SSSR count). The third-order valence-electron chi connectivity index (χ3n) is 4.02. The highest BCUT2D eigenvalue weighted by Gasteiger charge is 2.23. The Morgan fingerprint density at radius 1 is 1.26 bits per heavy atom. The molecule has 19 heavy (non-hydrogen) atoms. The molecule has 0 saturated heterocycles. The van der Waals surface area contributed by atoms with Gasteiger partial charge >= 0.3 is 0 Å². The summed E-state index contributed by atoms with van der Waals surface area (Å²) in [4.78, 5) is 4.14. The first-order valence-corrected chi connectivity index (χ1v) is 6.94. The summed E-state index contributed by atoms with van der Waals surface area (Å²) in [6.45, 7) is 0.930.